The van der Waals surface area contributed by atoms with E-state index in [1.54, 1.807) is 0 Å². The summed E-state index contributed by atoms with van der Waals surface area (Å²) >= 11 is 0. The van der Waals surface area contributed by atoms with Crippen LogP contribution in [0.15, 0.2) is 115 Å². The zero-order valence-corrected chi connectivity index (χ0v) is 21.4. The maximum absolute atomic E-state index is 6.41. The van der Waals surface area contributed by atoms with Gasteiger partial charge in [0, 0.05) is 17.1 Å². The lowest BCUT2D eigenvalue weighted by atomic mass is 10.1. The Morgan fingerprint density at radius 3 is 1.51 bits per heavy atom. The van der Waals surface area contributed by atoms with Gasteiger partial charge in [-0.1, -0.05) is 54.6 Å². The molecule has 0 heterocycles. The van der Waals surface area contributed by atoms with Crippen molar-refractivity contribution in [1.82, 2.24) is 0 Å². The van der Waals surface area contributed by atoms with E-state index in [-0.39, 0.29) is 0 Å². The van der Waals surface area contributed by atoms with E-state index in [9.17, 15) is 0 Å². The molecule has 0 atom stereocenters. The fourth-order valence-corrected chi connectivity index (χ4v) is 4.25. The minimum atomic E-state index is 0.720. The molecule has 0 fully saturated rings. The molecule has 4 nitrogen and oxygen atoms in total. The Kier molecular flexibility index (Phi) is 7.09. The maximum Gasteiger partial charge on any atom is 0.153 e. The Morgan fingerprint density at radius 2 is 0.973 bits per heavy atom. The van der Waals surface area contributed by atoms with Gasteiger partial charge >= 0.3 is 0 Å². The third-order valence-corrected chi connectivity index (χ3v) is 6.01. The number of ether oxygens (including phenoxy) is 1. The zero-order chi connectivity index (χ0) is 25.6. The molecule has 0 unspecified atom stereocenters. The van der Waals surface area contributed by atoms with Crippen molar-refractivity contribution in [3.8, 4) is 11.5 Å². The smallest absolute Gasteiger partial charge is 0.153 e. The molecule has 4 heteroatoms. The lowest BCUT2D eigenvalue weighted by Crippen LogP contribution is -2.04. The molecule has 0 amide bonds. The van der Waals surface area contributed by atoms with Crippen molar-refractivity contribution in [1.29, 1.82) is 0 Å². The van der Waals surface area contributed by atoms with E-state index in [0.717, 1.165) is 45.6 Å². The van der Waals surface area contributed by atoms with Crippen LogP contribution in [0, 0.1) is 20.8 Å². The standard InChI is InChI=1S/C33H31N3O/c1-23-10-7-13-26(20-23)34-30-18-19-31(37-29-16-5-4-6-17-29)33(36-28-15-9-12-25(3)22-28)32(30)35-27-14-8-11-24(2)21-27/h4-22,34-36H,1-3H3. The van der Waals surface area contributed by atoms with E-state index >= 15 is 0 Å². The first-order chi connectivity index (χ1) is 18.0. The number of hydrogen-bond donors (Lipinski definition) is 3. The number of anilines is 6. The summed E-state index contributed by atoms with van der Waals surface area (Å²) in [5.74, 6) is 1.49. The highest BCUT2D eigenvalue weighted by Crippen LogP contribution is 2.44. The highest BCUT2D eigenvalue weighted by molar-refractivity contribution is 5.93. The van der Waals surface area contributed by atoms with E-state index in [4.69, 9.17) is 4.74 Å². The van der Waals surface area contributed by atoms with Crippen LogP contribution in [0.1, 0.15) is 16.7 Å². The number of benzene rings is 5. The van der Waals surface area contributed by atoms with Gasteiger partial charge in [-0.25, -0.2) is 0 Å². The summed E-state index contributed by atoms with van der Waals surface area (Å²) in [6.07, 6.45) is 0. The van der Waals surface area contributed by atoms with E-state index in [1.165, 1.54) is 16.7 Å². The second kappa shape index (κ2) is 10.9. The van der Waals surface area contributed by atoms with Crippen molar-refractivity contribution in [2.24, 2.45) is 0 Å². The van der Waals surface area contributed by atoms with Crippen LogP contribution in [0.4, 0.5) is 34.1 Å². The van der Waals surface area contributed by atoms with Crippen LogP contribution in [-0.4, -0.2) is 0 Å². The largest absolute Gasteiger partial charge is 0.455 e. The molecule has 0 spiro atoms. The molecule has 5 aromatic carbocycles. The van der Waals surface area contributed by atoms with Crippen LogP contribution < -0.4 is 20.7 Å². The van der Waals surface area contributed by atoms with Crippen LogP contribution in [0.5, 0.6) is 11.5 Å². The second-order valence-electron chi connectivity index (χ2n) is 9.26. The topological polar surface area (TPSA) is 45.3 Å². The Hall–Kier alpha value is -4.70. The first-order valence-corrected chi connectivity index (χ1v) is 12.4. The summed E-state index contributed by atoms with van der Waals surface area (Å²) in [6.45, 7) is 6.28. The van der Waals surface area contributed by atoms with Crippen molar-refractivity contribution in [2.45, 2.75) is 20.8 Å². The molecule has 184 valence electrons. The molecule has 5 rings (SSSR count). The molecule has 0 aliphatic rings. The highest BCUT2D eigenvalue weighted by Gasteiger charge is 2.17. The number of hydrogen-bond acceptors (Lipinski definition) is 4. The van der Waals surface area contributed by atoms with E-state index < -0.39 is 0 Å². The average Bonchev–Trinajstić information content (AvgIpc) is 2.88. The molecule has 0 saturated carbocycles. The summed E-state index contributed by atoms with van der Waals surface area (Å²) in [5, 5.41) is 10.9. The van der Waals surface area contributed by atoms with Gasteiger partial charge in [0.25, 0.3) is 0 Å². The molecule has 0 bridgehead atoms. The van der Waals surface area contributed by atoms with Gasteiger partial charge in [0.05, 0.1) is 11.4 Å². The fraction of sp³-hybridized carbons (Fsp3) is 0.0909. The zero-order valence-electron chi connectivity index (χ0n) is 21.4. The second-order valence-corrected chi connectivity index (χ2v) is 9.26. The van der Waals surface area contributed by atoms with E-state index in [1.807, 2.05) is 36.4 Å². The van der Waals surface area contributed by atoms with Gasteiger partial charge in [-0.15, -0.1) is 0 Å². The third-order valence-electron chi connectivity index (χ3n) is 6.01. The molecule has 0 saturated heterocycles. The molecule has 5 aromatic rings. The predicted molar refractivity (Wildman–Crippen MR) is 156 cm³/mol. The molecule has 0 aliphatic carbocycles. The Morgan fingerprint density at radius 1 is 0.459 bits per heavy atom. The van der Waals surface area contributed by atoms with Gasteiger partial charge in [0.15, 0.2) is 5.75 Å². The molecular weight excluding hydrogens is 454 g/mol. The van der Waals surface area contributed by atoms with Gasteiger partial charge in [0.2, 0.25) is 0 Å². The van der Waals surface area contributed by atoms with Crippen molar-refractivity contribution in [2.75, 3.05) is 16.0 Å². The predicted octanol–water partition coefficient (Wildman–Crippen LogP) is 9.63. The van der Waals surface area contributed by atoms with Crippen LogP contribution in [-0.2, 0) is 0 Å². The molecule has 0 aliphatic heterocycles. The van der Waals surface area contributed by atoms with Crippen molar-refractivity contribution < 1.29 is 4.74 Å². The van der Waals surface area contributed by atoms with Crippen LogP contribution in [0.25, 0.3) is 0 Å². The molecule has 37 heavy (non-hydrogen) atoms. The number of para-hydroxylation sites is 1. The van der Waals surface area contributed by atoms with Crippen molar-refractivity contribution >= 4 is 34.1 Å². The summed E-state index contributed by atoms with van der Waals surface area (Å²) in [6, 6.07) is 39.0. The van der Waals surface area contributed by atoms with Crippen molar-refractivity contribution in [3.63, 3.8) is 0 Å². The van der Waals surface area contributed by atoms with Gasteiger partial charge in [0.1, 0.15) is 11.4 Å². The number of aryl methyl sites for hydroxylation is 3. The molecule has 0 radical (unpaired) electrons. The van der Waals surface area contributed by atoms with Gasteiger partial charge in [-0.05, 0) is 98.1 Å². The Bertz CT molecular complexity index is 1510. The number of rotatable bonds is 8. The monoisotopic (exact) mass is 485 g/mol. The quantitative estimate of drug-likeness (QED) is 0.205. The summed E-state index contributed by atoms with van der Waals surface area (Å²) in [4.78, 5) is 0. The average molecular weight is 486 g/mol. The highest BCUT2D eigenvalue weighted by atomic mass is 16.5. The van der Waals surface area contributed by atoms with Gasteiger partial charge in [-0.3, -0.25) is 0 Å². The number of nitrogens with one attached hydrogen (secondary N) is 3. The minimum absolute atomic E-state index is 0.720. The lowest BCUT2D eigenvalue weighted by Gasteiger charge is -2.22. The summed E-state index contributed by atoms with van der Waals surface area (Å²) in [7, 11) is 0. The van der Waals surface area contributed by atoms with Crippen LogP contribution in [0.2, 0.25) is 0 Å². The van der Waals surface area contributed by atoms with Gasteiger partial charge in [-0.2, -0.15) is 0 Å². The minimum Gasteiger partial charge on any atom is -0.455 e. The first-order valence-electron chi connectivity index (χ1n) is 12.4. The lowest BCUT2D eigenvalue weighted by molar-refractivity contribution is 0.485. The Balaban J connectivity index is 1.65. The molecule has 0 aromatic heterocycles. The third kappa shape index (κ3) is 6.11. The SMILES string of the molecule is Cc1cccc(Nc2ccc(Oc3ccccc3)c(Nc3cccc(C)c3)c2Nc2cccc(C)c2)c1. The van der Waals surface area contributed by atoms with Crippen LogP contribution >= 0.6 is 0 Å². The summed E-state index contributed by atoms with van der Waals surface area (Å²) in [5.41, 5.74) is 9.22. The summed E-state index contributed by atoms with van der Waals surface area (Å²) < 4.78 is 6.41. The molecular formula is C33H31N3O. The van der Waals surface area contributed by atoms with E-state index in [0.29, 0.717) is 0 Å². The van der Waals surface area contributed by atoms with Crippen molar-refractivity contribution in [3.05, 3.63) is 132 Å². The van der Waals surface area contributed by atoms with E-state index in [2.05, 4.69) is 116 Å². The maximum atomic E-state index is 6.41. The van der Waals surface area contributed by atoms with Gasteiger partial charge < -0.3 is 20.7 Å². The normalized spacial score (nSPS) is 10.6. The van der Waals surface area contributed by atoms with Crippen LogP contribution in [0.3, 0.4) is 0 Å². The Labute approximate surface area is 219 Å². The fourth-order valence-electron chi connectivity index (χ4n) is 4.25. The molecule has 3 N–H and O–H groups in total. The first kappa shape index (κ1) is 24.0.